The van der Waals surface area contributed by atoms with Gasteiger partial charge in [0.15, 0.2) is 0 Å². The second-order valence-corrected chi connectivity index (χ2v) is 6.83. The quantitative estimate of drug-likeness (QED) is 0.824. The number of likely N-dealkylation sites (tertiary alicyclic amines) is 1. The molecular formula is C17H25BrN2O. The van der Waals surface area contributed by atoms with Crippen molar-refractivity contribution in [3.63, 3.8) is 0 Å². The van der Waals surface area contributed by atoms with E-state index < -0.39 is 0 Å². The molecule has 1 saturated heterocycles. The number of hydrogen-bond donors (Lipinski definition) is 0. The molecule has 0 bridgehead atoms. The van der Waals surface area contributed by atoms with Crippen LogP contribution >= 0.6 is 15.9 Å². The van der Waals surface area contributed by atoms with Crippen LogP contribution in [0, 0.1) is 6.92 Å². The van der Waals surface area contributed by atoms with Gasteiger partial charge in [-0.3, -0.25) is 4.79 Å². The van der Waals surface area contributed by atoms with Gasteiger partial charge in [0.1, 0.15) is 0 Å². The van der Waals surface area contributed by atoms with Gasteiger partial charge in [0, 0.05) is 30.7 Å². The van der Waals surface area contributed by atoms with E-state index in [1.165, 1.54) is 13.0 Å². The Hall–Kier alpha value is -0.870. The number of nitrogens with zero attached hydrogens (tertiary/aromatic N) is 2. The number of halogens is 1. The van der Waals surface area contributed by atoms with Crippen LogP contribution in [0.15, 0.2) is 22.7 Å². The molecule has 0 radical (unpaired) electrons. The predicted octanol–water partition coefficient (Wildman–Crippen LogP) is 3.70. The lowest BCUT2D eigenvalue weighted by Gasteiger charge is -2.36. The van der Waals surface area contributed by atoms with Crippen molar-refractivity contribution in [3.8, 4) is 0 Å². The van der Waals surface area contributed by atoms with Crippen LogP contribution < -0.4 is 0 Å². The van der Waals surface area contributed by atoms with Gasteiger partial charge in [0.25, 0.3) is 5.91 Å². The fraction of sp³-hybridized carbons (Fsp3) is 0.588. The maximum Gasteiger partial charge on any atom is 0.255 e. The molecule has 0 aromatic heterocycles. The normalized spacial score (nSPS) is 17.0. The Morgan fingerprint density at radius 1 is 1.38 bits per heavy atom. The molecule has 0 atom stereocenters. The van der Waals surface area contributed by atoms with E-state index in [4.69, 9.17) is 0 Å². The minimum absolute atomic E-state index is 0.125. The summed E-state index contributed by atoms with van der Waals surface area (Å²) < 4.78 is 0.883. The summed E-state index contributed by atoms with van der Waals surface area (Å²) in [7, 11) is 1.94. The molecular weight excluding hydrogens is 328 g/mol. The van der Waals surface area contributed by atoms with Gasteiger partial charge in [-0.15, -0.1) is 0 Å². The number of rotatable bonds is 4. The Balaban J connectivity index is 2.01. The molecule has 1 amide bonds. The Bertz CT molecular complexity index is 496. The van der Waals surface area contributed by atoms with Crippen LogP contribution in [0.3, 0.4) is 0 Å². The van der Waals surface area contributed by atoms with Gasteiger partial charge >= 0.3 is 0 Å². The Morgan fingerprint density at radius 3 is 2.67 bits per heavy atom. The van der Waals surface area contributed by atoms with Crippen molar-refractivity contribution in [2.75, 3.05) is 26.7 Å². The number of hydrogen-bond acceptors (Lipinski definition) is 2. The third-order valence-electron chi connectivity index (χ3n) is 4.32. The van der Waals surface area contributed by atoms with Crippen molar-refractivity contribution in [1.29, 1.82) is 0 Å². The van der Waals surface area contributed by atoms with Gasteiger partial charge in [0.05, 0.1) is 5.56 Å². The number of piperidine rings is 1. The highest BCUT2D eigenvalue weighted by atomic mass is 79.9. The standard InChI is InChI=1S/C17H25BrN2O/c1-4-9-20-10-7-14(8-11-20)19(3)17(21)15-12-13(2)5-6-16(15)18/h5-6,12,14H,4,7-11H2,1-3H3. The summed E-state index contributed by atoms with van der Waals surface area (Å²) in [5.41, 5.74) is 1.89. The molecule has 3 nitrogen and oxygen atoms in total. The molecule has 0 spiro atoms. The first-order valence-corrected chi connectivity index (χ1v) is 8.58. The van der Waals surface area contributed by atoms with Crippen molar-refractivity contribution in [1.82, 2.24) is 9.80 Å². The molecule has 2 rings (SSSR count). The van der Waals surface area contributed by atoms with Crippen LogP contribution in [-0.2, 0) is 0 Å². The van der Waals surface area contributed by atoms with Crippen LogP contribution in [0.5, 0.6) is 0 Å². The maximum absolute atomic E-state index is 12.7. The number of carbonyl (C=O) groups is 1. The lowest BCUT2D eigenvalue weighted by Crippen LogP contribution is -2.45. The lowest BCUT2D eigenvalue weighted by molar-refractivity contribution is 0.0641. The van der Waals surface area contributed by atoms with E-state index >= 15 is 0 Å². The van der Waals surface area contributed by atoms with E-state index in [2.05, 4.69) is 27.8 Å². The molecule has 116 valence electrons. The topological polar surface area (TPSA) is 23.6 Å². The van der Waals surface area contributed by atoms with Crippen LogP contribution in [-0.4, -0.2) is 48.4 Å². The highest BCUT2D eigenvalue weighted by Gasteiger charge is 2.26. The van der Waals surface area contributed by atoms with Crippen molar-refractivity contribution >= 4 is 21.8 Å². The summed E-state index contributed by atoms with van der Waals surface area (Å²) in [5, 5.41) is 0. The minimum Gasteiger partial charge on any atom is -0.339 e. The van der Waals surface area contributed by atoms with Crippen LogP contribution in [0.2, 0.25) is 0 Å². The molecule has 0 N–H and O–H groups in total. The molecule has 1 aromatic carbocycles. The smallest absolute Gasteiger partial charge is 0.255 e. The summed E-state index contributed by atoms with van der Waals surface area (Å²) in [6.45, 7) is 7.62. The number of benzene rings is 1. The summed E-state index contributed by atoms with van der Waals surface area (Å²) in [4.78, 5) is 17.1. The van der Waals surface area contributed by atoms with E-state index in [0.29, 0.717) is 6.04 Å². The van der Waals surface area contributed by atoms with Crippen molar-refractivity contribution in [2.45, 2.75) is 39.2 Å². The molecule has 21 heavy (non-hydrogen) atoms. The molecule has 1 aliphatic rings. The van der Waals surface area contributed by atoms with E-state index in [1.54, 1.807) is 0 Å². The molecule has 1 heterocycles. The van der Waals surface area contributed by atoms with E-state index in [1.807, 2.05) is 37.1 Å². The Morgan fingerprint density at radius 2 is 2.05 bits per heavy atom. The average molecular weight is 353 g/mol. The van der Waals surface area contributed by atoms with Crippen LogP contribution in [0.1, 0.15) is 42.1 Å². The maximum atomic E-state index is 12.7. The highest BCUT2D eigenvalue weighted by molar-refractivity contribution is 9.10. The summed E-state index contributed by atoms with van der Waals surface area (Å²) in [6.07, 6.45) is 3.35. The molecule has 0 unspecified atom stereocenters. The molecule has 0 aliphatic carbocycles. The zero-order valence-corrected chi connectivity index (χ0v) is 14.8. The highest BCUT2D eigenvalue weighted by Crippen LogP contribution is 2.23. The van der Waals surface area contributed by atoms with Gasteiger partial charge < -0.3 is 9.80 Å². The zero-order chi connectivity index (χ0) is 15.4. The SMILES string of the molecule is CCCN1CCC(N(C)C(=O)c2cc(C)ccc2Br)CC1. The van der Waals surface area contributed by atoms with Crippen LogP contribution in [0.4, 0.5) is 0 Å². The lowest BCUT2D eigenvalue weighted by atomic mass is 10.0. The zero-order valence-electron chi connectivity index (χ0n) is 13.2. The van der Waals surface area contributed by atoms with E-state index in [9.17, 15) is 4.79 Å². The van der Waals surface area contributed by atoms with E-state index in [0.717, 1.165) is 41.5 Å². The summed E-state index contributed by atoms with van der Waals surface area (Å²) in [6, 6.07) is 6.30. The first kappa shape index (κ1) is 16.5. The minimum atomic E-state index is 0.125. The monoisotopic (exact) mass is 352 g/mol. The van der Waals surface area contributed by atoms with E-state index in [-0.39, 0.29) is 5.91 Å². The van der Waals surface area contributed by atoms with Crippen molar-refractivity contribution in [3.05, 3.63) is 33.8 Å². The van der Waals surface area contributed by atoms with Gasteiger partial charge in [-0.05, 0) is 60.8 Å². The van der Waals surface area contributed by atoms with Gasteiger partial charge in [-0.2, -0.15) is 0 Å². The largest absolute Gasteiger partial charge is 0.339 e. The number of amides is 1. The second kappa shape index (κ2) is 7.41. The van der Waals surface area contributed by atoms with Crippen LogP contribution in [0.25, 0.3) is 0 Å². The summed E-state index contributed by atoms with van der Waals surface area (Å²) >= 11 is 3.50. The molecule has 1 aromatic rings. The average Bonchev–Trinajstić information content (AvgIpc) is 2.49. The fourth-order valence-corrected chi connectivity index (χ4v) is 3.42. The van der Waals surface area contributed by atoms with Gasteiger partial charge in [-0.25, -0.2) is 0 Å². The first-order chi connectivity index (χ1) is 10.0. The molecule has 1 aliphatic heterocycles. The fourth-order valence-electron chi connectivity index (χ4n) is 3.01. The van der Waals surface area contributed by atoms with Crippen molar-refractivity contribution in [2.24, 2.45) is 0 Å². The van der Waals surface area contributed by atoms with Crippen molar-refractivity contribution < 1.29 is 4.79 Å². The van der Waals surface area contributed by atoms with Gasteiger partial charge in [0.2, 0.25) is 0 Å². The molecule has 0 saturated carbocycles. The third kappa shape index (κ3) is 4.07. The van der Waals surface area contributed by atoms with Gasteiger partial charge in [-0.1, -0.05) is 18.6 Å². The number of carbonyl (C=O) groups excluding carboxylic acids is 1. The Labute approximate surface area is 136 Å². The number of aryl methyl sites for hydroxylation is 1. The first-order valence-electron chi connectivity index (χ1n) is 7.78. The molecule has 1 fully saturated rings. The second-order valence-electron chi connectivity index (χ2n) is 5.97. The molecule has 4 heteroatoms. The summed E-state index contributed by atoms with van der Waals surface area (Å²) in [5.74, 6) is 0.125. The Kier molecular flexibility index (Phi) is 5.82. The third-order valence-corrected chi connectivity index (χ3v) is 5.01. The predicted molar refractivity (Wildman–Crippen MR) is 90.7 cm³/mol.